The number of hydrazine groups is 1. The van der Waals surface area contributed by atoms with Crippen molar-refractivity contribution in [2.24, 2.45) is 11.8 Å². The maximum atomic E-state index is 13.3. The number of nitrogens with zero attached hydrogens (tertiary/aromatic N) is 1. The number of aliphatic hydroxyl groups is 1. The van der Waals surface area contributed by atoms with Gasteiger partial charge in [-0.15, -0.1) is 0 Å². The minimum Gasteiger partial charge on any atom is -0.396 e. The van der Waals surface area contributed by atoms with E-state index in [1.807, 2.05) is 6.92 Å². The number of nitrogen functional groups attached to an aromatic ring is 1. The van der Waals surface area contributed by atoms with Gasteiger partial charge in [0.2, 0.25) is 0 Å². The van der Waals surface area contributed by atoms with Crippen LogP contribution in [0.3, 0.4) is 0 Å². The Morgan fingerprint density at radius 3 is 2.67 bits per heavy atom. The molecule has 1 aromatic heterocycles. The molecule has 0 radical (unpaired) electrons. The average Bonchev–Trinajstić information content (AvgIpc) is 2.36. The smallest absolute Gasteiger partial charge is 0.178 e. The van der Waals surface area contributed by atoms with Gasteiger partial charge in [0.25, 0.3) is 0 Å². The lowest BCUT2D eigenvalue weighted by Crippen LogP contribution is -2.14. The fraction of sp³-hybridized carbons (Fsp3) is 0.545. The fourth-order valence-electron chi connectivity index (χ4n) is 1.44. The molecule has 0 fully saturated rings. The topological polar surface area (TPSA) is 83.2 Å². The summed E-state index contributed by atoms with van der Waals surface area (Å²) in [6.45, 7) is 2.54. The lowest BCUT2D eigenvalue weighted by molar-refractivity contribution is 0.229. The van der Waals surface area contributed by atoms with Crippen molar-refractivity contribution in [3.8, 4) is 0 Å². The molecular formula is C11H18F2N4O. The van der Waals surface area contributed by atoms with Gasteiger partial charge in [0.15, 0.2) is 23.3 Å². The van der Waals surface area contributed by atoms with E-state index in [0.29, 0.717) is 6.54 Å². The minimum absolute atomic E-state index is 0.0407. The number of hydrogen-bond donors (Lipinski definition) is 4. The molecule has 0 amide bonds. The van der Waals surface area contributed by atoms with Gasteiger partial charge in [-0.1, -0.05) is 6.92 Å². The van der Waals surface area contributed by atoms with Gasteiger partial charge in [-0.25, -0.2) is 19.6 Å². The van der Waals surface area contributed by atoms with E-state index in [1.54, 1.807) is 0 Å². The summed E-state index contributed by atoms with van der Waals surface area (Å²) in [5.74, 6) is 3.41. The predicted molar refractivity (Wildman–Crippen MR) is 65.9 cm³/mol. The number of aliphatic hydroxyl groups excluding tert-OH is 1. The van der Waals surface area contributed by atoms with E-state index in [4.69, 9.17) is 10.9 Å². The normalized spacial score (nSPS) is 12.3. The molecule has 102 valence electrons. The third-order valence-electron chi connectivity index (χ3n) is 2.54. The van der Waals surface area contributed by atoms with Crippen molar-refractivity contribution in [3.05, 3.63) is 17.7 Å². The highest BCUT2D eigenvalue weighted by Gasteiger charge is 2.10. The van der Waals surface area contributed by atoms with Crippen molar-refractivity contribution in [1.82, 2.24) is 4.98 Å². The van der Waals surface area contributed by atoms with Gasteiger partial charge >= 0.3 is 0 Å². The number of rotatable bonds is 7. The third-order valence-corrected chi connectivity index (χ3v) is 2.54. The molecule has 1 aromatic rings. The zero-order chi connectivity index (χ0) is 13.5. The number of nitrogens with one attached hydrogen (secondary N) is 2. The second-order valence-corrected chi connectivity index (χ2v) is 4.15. The predicted octanol–water partition coefficient (Wildman–Crippen LogP) is 1.47. The number of halogens is 2. The molecule has 1 unspecified atom stereocenters. The van der Waals surface area contributed by atoms with Gasteiger partial charge in [0.1, 0.15) is 0 Å². The Morgan fingerprint density at radius 1 is 1.39 bits per heavy atom. The zero-order valence-electron chi connectivity index (χ0n) is 10.2. The standard InChI is InChI=1S/C11H18F2N4O/c1-7(6-18)3-2-4-15-10-8(12)5-9(13)11(16-10)17-14/h5,7,18H,2-4,6,14H2,1H3,(H2,15,16,17). The first-order valence-corrected chi connectivity index (χ1v) is 5.75. The summed E-state index contributed by atoms with van der Waals surface area (Å²) in [4.78, 5) is 3.68. The molecule has 1 atom stereocenters. The number of pyridine rings is 1. The second kappa shape index (κ2) is 7.07. The third kappa shape index (κ3) is 4.08. The van der Waals surface area contributed by atoms with Crippen LogP contribution < -0.4 is 16.6 Å². The van der Waals surface area contributed by atoms with Gasteiger partial charge in [0, 0.05) is 19.2 Å². The number of aromatic nitrogens is 1. The van der Waals surface area contributed by atoms with E-state index in [2.05, 4.69) is 15.7 Å². The van der Waals surface area contributed by atoms with Crippen molar-refractivity contribution in [2.45, 2.75) is 19.8 Å². The summed E-state index contributed by atoms with van der Waals surface area (Å²) < 4.78 is 26.4. The van der Waals surface area contributed by atoms with E-state index in [9.17, 15) is 8.78 Å². The molecule has 0 saturated carbocycles. The zero-order valence-corrected chi connectivity index (χ0v) is 10.2. The molecule has 18 heavy (non-hydrogen) atoms. The first kappa shape index (κ1) is 14.6. The lowest BCUT2D eigenvalue weighted by Gasteiger charge is -2.10. The molecule has 1 heterocycles. The number of hydrogen-bond acceptors (Lipinski definition) is 5. The van der Waals surface area contributed by atoms with E-state index >= 15 is 0 Å². The van der Waals surface area contributed by atoms with Crippen molar-refractivity contribution in [3.63, 3.8) is 0 Å². The summed E-state index contributed by atoms with van der Waals surface area (Å²) in [5, 5.41) is 11.6. The maximum Gasteiger partial charge on any atom is 0.178 e. The Labute approximate surface area is 104 Å². The van der Waals surface area contributed by atoms with Gasteiger partial charge in [-0.05, 0) is 18.8 Å². The Kier molecular flexibility index (Phi) is 5.73. The molecular weight excluding hydrogens is 242 g/mol. The highest BCUT2D eigenvalue weighted by molar-refractivity contribution is 5.46. The van der Waals surface area contributed by atoms with Crippen molar-refractivity contribution in [1.29, 1.82) is 0 Å². The largest absolute Gasteiger partial charge is 0.396 e. The molecule has 0 aromatic carbocycles. The summed E-state index contributed by atoms with van der Waals surface area (Å²) >= 11 is 0. The second-order valence-electron chi connectivity index (χ2n) is 4.15. The molecule has 5 N–H and O–H groups in total. The van der Waals surface area contributed by atoms with E-state index in [-0.39, 0.29) is 24.2 Å². The highest BCUT2D eigenvalue weighted by atomic mass is 19.1. The molecule has 0 bridgehead atoms. The molecule has 5 nitrogen and oxygen atoms in total. The van der Waals surface area contributed by atoms with Crippen LogP contribution in [0.25, 0.3) is 0 Å². The highest BCUT2D eigenvalue weighted by Crippen LogP contribution is 2.18. The molecule has 7 heteroatoms. The number of anilines is 2. The van der Waals surface area contributed by atoms with Crippen LogP contribution in [0.2, 0.25) is 0 Å². The Bertz CT molecular complexity index is 390. The van der Waals surface area contributed by atoms with Crippen LogP contribution in [-0.2, 0) is 0 Å². The van der Waals surface area contributed by atoms with Crippen LogP contribution >= 0.6 is 0 Å². The van der Waals surface area contributed by atoms with Gasteiger partial charge in [-0.3, -0.25) is 0 Å². The molecule has 1 rings (SSSR count). The van der Waals surface area contributed by atoms with E-state index < -0.39 is 11.6 Å². The Morgan fingerprint density at radius 2 is 2.06 bits per heavy atom. The van der Waals surface area contributed by atoms with Crippen LogP contribution in [0.1, 0.15) is 19.8 Å². The quantitative estimate of drug-likeness (QED) is 0.339. The summed E-state index contributed by atoms with van der Waals surface area (Å²) in [6, 6.07) is 0.723. The Hall–Kier alpha value is -1.47. The van der Waals surface area contributed by atoms with Crippen LogP contribution in [0.5, 0.6) is 0 Å². The molecule has 0 spiro atoms. The minimum atomic E-state index is -0.838. The molecule has 0 saturated heterocycles. The first-order valence-electron chi connectivity index (χ1n) is 5.75. The molecule has 0 aliphatic heterocycles. The van der Waals surface area contributed by atoms with E-state index in [1.165, 1.54) is 0 Å². The van der Waals surface area contributed by atoms with Gasteiger partial charge < -0.3 is 15.8 Å². The average molecular weight is 260 g/mol. The summed E-state index contributed by atoms with van der Waals surface area (Å²) in [6.07, 6.45) is 1.57. The van der Waals surface area contributed by atoms with Crippen LogP contribution in [0.4, 0.5) is 20.4 Å². The van der Waals surface area contributed by atoms with Crippen LogP contribution in [0.15, 0.2) is 6.07 Å². The molecule has 0 aliphatic rings. The fourth-order valence-corrected chi connectivity index (χ4v) is 1.44. The maximum absolute atomic E-state index is 13.3. The van der Waals surface area contributed by atoms with Crippen molar-refractivity contribution < 1.29 is 13.9 Å². The van der Waals surface area contributed by atoms with Crippen LogP contribution in [-0.4, -0.2) is 23.2 Å². The van der Waals surface area contributed by atoms with Gasteiger partial charge in [-0.2, -0.15) is 0 Å². The summed E-state index contributed by atoms with van der Waals surface area (Å²) in [5.41, 5.74) is 2.05. The van der Waals surface area contributed by atoms with E-state index in [0.717, 1.165) is 18.9 Å². The molecule has 0 aliphatic carbocycles. The lowest BCUT2D eigenvalue weighted by atomic mass is 10.1. The van der Waals surface area contributed by atoms with Gasteiger partial charge in [0.05, 0.1) is 0 Å². The number of nitrogens with two attached hydrogens (primary N) is 1. The van der Waals surface area contributed by atoms with Crippen LogP contribution in [0, 0.1) is 17.6 Å². The van der Waals surface area contributed by atoms with Crippen molar-refractivity contribution in [2.75, 3.05) is 23.9 Å². The SMILES string of the molecule is CC(CO)CCCNc1nc(NN)c(F)cc1F. The first-order chi connectivity index (χ1) is 8.58. The summed E-state index contributed by atoms with van der Waals surface area (Å²) in [7, 11) is 0. The monoisotopic (exact) mass is 260 g/mol. The Balaban J connectivity index is 2.51. The van der Waals surface area contributed by atoms with Crippen molar-refractivity contribution >= 4 is 11.6 Å².